The van der Waals surface area contributed by atoms with Crippen LogP contribution >= 0.6 is 0 Å². The van der Waals surface area contributed by atoms with Gasteiger partial charge in [0.25, 0.3) is 0 Å². The molecule has 0 aromatic carbocycles. The van der Waals surface area contributed by atoms with Crippen molar-refractivity contribution in [3.63, 3.8) is 0 Å². The van der Waals surface area contributed by atoms with Crippen molar-refractivity contribution in [1.29, 1.82) is 0 Å². The van der Waals surface area contributed by atoms with Gasteiger partial charge in [-0.05, 0) is 0 Å². The molecule has 5 atom stereocenters. The molecule has 118 valence electrons. The maximum atomic E-state index is 10.1. The van der Waals surface area contributed by atoms with Crippen molar-refractivity contribution in [2.45, 2.75) is 36.6 Å². The molecule has 1 unspecified atom stereocenters. The van der Waals surface area contributed by atoms with Crippen LogP contribution in [0.5, 0.6) is 0 Å². The Morgan fingerprint density at radius 2 is 2.27 bits per heavy atom. The molecule has 5 N–H and O–H groups in total. The Balaban J connectivity index is 1.85. The minimum atomic E-state index is -1.20. The zero-order valence-corrected chi connectivity index (χ0v) is 11.7. The predicted molar refractivity (Wildman–Crippen MR) is 78.2 cm³/mol. The van der Waals surface area contributed by atoms with Gasteiger partial charge in [-0.25, -0.2) is 9.98 Å². The molecule has 3 aliphatic rings. The molecule has 0 saturated carbocycles. The van der Waals surface area contributed by atoms with Crippen LogP contribution in [-0.4, -0.2) is 81.6 Å². The standard InChI is InChI=1S/C13H17N5O4/c1-2-3-13(14)10-11(15-5-17-13)18(6-16-10)12-9(21)8(20)7(4-19)22-12/h1,5,7-9,12,19-21H,3-4,6,14H2/t7-,8-,9-,12-,13?/m1/s1. The van der Waals surface area contributed by atoms with E-state index in [0.717, 1.165) is 0 Å². The third kappa shape index (κ3) is 2.13. The van der Waals surface area contributed by atoms with Crippen LogP contribution in [0.4, 0.5) is 0 Å². The van der Waals surface area contributed by atoms with Gasteiger partial charge in [-0.2, -0.15) is 0 Å². The summed E-state index contributed by atoms with van der Waals surface area (Å²) in [5, 5.41) is 29.1. The number of amidine groups is 1. The maximum Gasteiger partial charge on any atom is 0.166 e. The molecule has 3 heterocycles. The summed E-state index contributed by atoms with van der Waals surface area (Å²) in [6.45, 7) is -0.254. The summed E-state index contributed by atoms with van der Waals surface area (Å²) in [6, 6.07) is 0. The van der Waals surface area contributed by atoms with E-state index in [4.69, 9.17) is 22.0 Å². The van der Waals surface area contributed by atoms with Crippen LogP contribution in [0, 0.1) is 12.3 Å². The number of hydrogen-bond donors (Lipinski definition) is 4. The number of ether oxygens (including phenoxy) is 1. The van der Waals surface area contributed by atoms with Gasteiger partial charge < -0.3 is 30.7 Å². The molecule has 9 nitrogen and oxygen atoms in total. The van der Waals surface area contributed by atoms with Gasteiger partial charge in [0.05, 0.1) is 13.0 Å². The molecule has 1 fully saturated rings. The molecule has 3 aliphatic heterocycles. The topological polar surface area (TPSA) is 136 Å². The lowest BCUT2D eigenvalue weighted by atomic mass is 9.99. The number of aliphatic hydroxyl groups is 3. The average Bonchev–Trinajstić information content (AvgIpc) is 3.03. The highest BCUT2D eigenvalue weighted by Gasteiger charge is 2.50. The Morgan fingerprint density at radius 3 is 2.91 bits per heavy atom. The van der Waals surface area contributed by atoms with Crippen molar-refractivity contribution in [3.8, 4) is 12.3 Å². The largest absolute Gasteiger partial charge is 0.394 e. The normalized spacial score (nSPS) is 40.2. The molecule has 1 saturated heterocycles. The van der Waals surface area contributed by atoms with E-state index in [1.807, 2.05) is 0 Å². The molecule has 0 bridgehead atoms. The molecule has 22 heavy (non-hydrogen) atoms. The van der Waals surface area contributed by atoms with Crippen molar-refractivity contribution in [2.24, 2.45) is 20.7 Å². The molecular weight excluding hydrogens is 290 g/mol. The minimum Gasteiger partial charge on any atom is -0.394 e. The Labute approximate surface area is 126 Å². The summed E-state index contributed by atoms with van der Waals surface area (Å²) >= 11 is 0. The van der Waals surface area contributed by atoms with Crippen molar-refractivity contribution in [1.82, 2.24) is 4.90 Å². The fourth-order valence-electron chi connectivity index (χ4n) is 2.76. The molecule has 0 aromatic heterocycles. The average molecular weight is 307 g/mol. The van der Waals surface area contributed by atoms with E-state index in [2.05, 4.69) is 20.9 Å². The van der Waals surface area contributed by atoms with Crippen LogP contribution in [0.3, 0.4) is 0 Å². The van der Waals surface area contributed by atoms with Gasteiger partial charge in [0.15, 0.2) is 17.7 Å². The summed E-state index contributed by atoms with van der Waals surface area (Å²) < 4.78 is 5.49. The van der Waals surface area contributed by atoms with Crippen LogP contribution in [-0.2, 0) is 4.74 Å². The zero-order chi connectivity index (χ0) is 15.9. The number of aliphatic hydroxyl groups excluding tert-OH is 3. The van der Waals surface area contributed by atoms with E-state index in [-0.39, 0.29) is 13.1 Å². The van der Waals surface area contributed by atoms with E-state index >= 15 is 0 Å². The number of rotatable bonds is 3. The van der Waals surface area contributed by atoms with E-state index in [1.165, 1.54) is 6.34 Å². The predicted octanol–water partition coefficient (Wildman–Crippen LogP) is -2.74. The van der Waals surface area contributed by atoms with Crippen LogP contribution < -0.4 is 5.73 Å². The number of fused-ring (bicyclic) bond motifs is 1. The highest BCUT2D eigenvalue weighted by molar-refractivity contribution is 6.47. The Kier molecular flexibility index (Phi) is 3.72. The van der Waals surface area contributed by atoms with E-state index < -0.39 is 36.8 Å². The summed E-state index contributed by atoms with van der Waals surface area (Å²) in [7, 11) is 0. The third-order valence-corrected chi connectivity index (χ3v) is 3.94. The first-order valence-electron chi connectivity index (χ1n) is 6.80. The monoisotopic (exact) mass is 307 g/mol. The first-order chi connectivity index (χ1) is 10.5. The van der Waals surface area contributed by atoms with E-state index in [1.54, 1.807) is 4.90 Å². The van der Waals surface area contributed by atoms with Gasteiger partial charge in [-0.1, -0.05) is 0 Å². The van der Waals surface area contributed by atoms with Crippen molar-refractivity contribution < 1.29 is 20.1 Å². The minimum absolute atomic E-state index is 0.146. The van der Waals surface area contributed by atoms with Crippen LogP contribution in [0.25, 0.3) is 0 Å². The summed E-state index contributed by atoms with van der Waals surface area (Å²) in [6.07, 6.45) is 2.64. The lowest BCUT2D eigenvalue weighted by Crippen LogP contribution is -2.55. The Bertz CT molecular complexity index is 598. The summed E-state index contributed by atoms with van der Waals surface area (Å²) in [5.41, 5.74) is 5.43. The maximum absolute atomic E-state index is 10.1. The Hall–Kier alpha value is -1.83. The molecule has 0 aliphatic carbocycles. The summed E-state index contributed by atoms with van der Waals surface area (Å²) in [4.78, 5) is 14.1. The highest BCUT2D eigenvalue weighted by Crippen LogP contribution is 2.29. The number of hydrogen-bond acceptors (Lipinski definition) is 9. The van der Waals surface area contributed by atoms with Crippen LogP contribution in [0.1, 0.15) is 6.42 Å². The van der Waals surface area contributed by atoms with Gasteiger partial charge >= 0.3 is 0 Å². The highest BCUT2D eigenvalue weighted by atomic mass is 16.6. The van der Waals surface area contributed by atoms with Gasteiger partial charge in [0.2, 0.25) is 0 Å². The van der Waals surface area contributed by atoms with Gasteiger partial charge in [-0.3, -0.25) is 4.99 Å². The number of nitrogens with two attached hydrogens (primary N) is 1. The first-order valence-corrected chi connectivity index (χ1v) is 6.80. The zero-order valence-electron chi connectivity index (χ0n) is 11.7. The molecule has 0 amide bonds. The number of aliphatic imine (C=N–C) groups is 3. The lowest BCUT2D eigenvalue weighted by Gasteiger charge is -2.31. The Morgan fingerprint density at radius 1 is 1.50 bits per heavy atom. The fraction of sp³-hybridized carbons (Fsp3) is 0.615. The fourth-order valence-corrected chi connectivity index (χ4v) is 2.76. The van der Waals surface area contributed by atoms with Crippen LogP contribution in [0.2, 0.25) is 0 Å². The second-order valence-corrected chi connectivity index (χ2v) is 5.35. The van der Waals surface area contributed by atoms with Crippen LogP contribution in [0.15, 0.2) is 15.0 Å². The van der Waals surface area contributed by atoms with Gasteiger partial charge in [0.1, 0.15) is 37.0 Å². The second kappa shape index (κ2) is 5.42. The quantitative estimate of drug-likeness (QED) is 0.418. The molecule has 3 rings (SSSR count). The molecular formula is C13H17N5O4. The molecule has 9 heteroatoms. The van der Waals surface area contributed by atoms with Crippen molar-refractivity contribution >= 4 is 17.9 Å². The molecule has 0 spiro atoms. The number of terminal acetylenes is 1. The molecule has 0 aromatic rings. The third-order valence-electron chi connectivity index (χ3n) is 3.94. The van der Waals surface area contributed by atoms with Crippen molar-refractivity contribution in [2.75, 3.05) is 13.3 Å². The van der Waals surface area contributed by atoms with Gasteiger partial charge in [0, 0.05) is 0 Å². The molecule has 0 radical (unpaired) electrons. The summed E-state index contributed by atoms with van der Waals surface area (Å²) in [5.74, 6) is 2.87. The second-order valence-electron chi connectivity index (χ2n) is 5.35. The van der Waals surface area contributed by atoms with E-state index in [9.17, 15) is 10.2 Å². The van der Waals surface area contributed by atoms with Gasteiger partial charge in [-0.15, -0.1) is 12.3 Å². The first kappa shape index (κ1) is 15.1. The lowest BCUT2D eigenvalue weighted by molar-refractivity contribution is -0.0688. The number of nitrogens with zero attached hydrogens (tertiary/aromatic N) is 4. The smallest absolute Gasteiger partial charge is 0.166 e. The van der Waals surface area contributed by atoms with E-state index in [0.29, 0.717) is 11.5 Å². The SMILES string of the molecule is C#CCC1(N)N=CN=C2C1=NCN2[C@@H]1O[C@H](CO)[C@@H](O)[C@H]1O. The van der Waals surface area contributed by atoms with Crippen molar-refractivity contribution in [3.05, 3.63) is 0 Å².